The number of rotatable bonds is 4. The monoisotopic (exact) mass is 358 g/mol. The van der Waals surface area contributed by atoms with Crippen molar-refractivity contribution in [2.75, 3.05) is 18.4 Å². The predicted molar refractivity (Wildman–Crippen MR) is 98.8 cm³/mol. The normalized spacial score (nSPS) is 14.8. The van der Waals surface area contributed by atoms with Crippen LogP contribution >= 0.6 is 11.3 Å². The molecule has 0 saturated carbocycles. The van der Waals surface area contributed by atoms with Crippen LogP contribution in [0.25, 0.3) is 0 Å². The molecule has 1 fully saturated rings. The van der Waals surface area contributed by atoms with E-state index >= 15 is 0 Å². The second-order valence-electron chi connectivity index (χ2n) is 6.07. The molecule has 2 amide bonds. The van der Waals surface area contributed by atoms with Gasteiger partial charge in [-0.2, -0.15) is 0 Å². The van der Waals surface area contributed by atoms with E-state index < -0.39 is 0 Å². The maximum atomic E-state index is 12.6. The molecule has 1 aliphatic heterocycles. The quantitative estimate of drug-likeness (QED) is 0.879. The molecule has 25 heavy (non-hydrogen) atoms. The molecule has 1 aromatic carbocycles. The average Bonchev–Trinajstić information content (AvgIpc) is 2.96. The number of nitrogens with zero attached hydrogens (tertiary/aromatic N) is 2. The molecule has 0 bridgehead atoms. The summed E-state index contributed by atoms with van der Waals surface area (Å²) in [7, 11) is 0. The molecule has 6 nitrogen and oxygen atoms in total. The summed E-state index contributed by atoms with van der Waals surface area (Å²) in [5, 5.41) is 5.21. The van der Waals surface area contributed by atoms with Crippen LogP contribution in [-0.2, 0) is 6.54 Å². The van der Waals surface area contributed by atoms with Gasteiger partial charge in [0.2, 0.25) is 0 Å². The summed E-state index contributed by atoms with van der Waals surface area (Å²) in [5.41, 5.74) is 7.16. The number of nitrogens with one attached hydrogen (secondary N) is 1. The lowest BCUT2D eigenvalue weighted by atomic mass is 10.1. The fourth-order valence-corrected chi connectivity index (χ4v) is 3.51. The van der Waals surface area contributed by atoms with E-state index in [0.717, 1.165) is 30.9 Å². The largest absolute Gasteiger partial charge is 0.339 e. The van der Waals surface area contributed by atoms with Crippen molar-refractivity contribution in [2.45, 2.75) is 32.2 Å². The van der Waals surface area contributed by atoms with E-state index in [9.17, 15) is 9.59 Å². The highest BCUT2D eigenvalue weighted by molar-refractivity contribution is 7.09. The van der Waals surface area contributed by atoms with Crippen molar-refractivity contribution in [1.29, 1.82) is 0 Å². The molecule has 2 heterocycles. The molecule has 0 atom stereocenters. The minimum absolute atomic E-state index is 0.0619. The second kappa shape index (κ2) is 8.22. The van der Waals surface area contributed by atoms with Gasteiger partial charge in [-0.05, 0) is 37.1 Å². The van der Waals surface area contributed by atoms with Gasteiger partial charge in [-0.3, -0.25) is 9.59 Å². The van der Waals surface area contributed by atoms with Gasteiger partial charge < -0.3 is 16.0 Å². The van der Waals surface area contributed by atoms with Crippen LogP contribution in [0.15, 0.2) is 29.6 Å². The third-order valence-electron chi connectivity index (χ3n) is 4.24. The van der Waals surface area contributed by atoms with Gasteiger partial charge in [-0.25, -0.2) is 4.98 Å². The van der Waals surface area contributed by atoms with Crippen LogP contribution in [0.2, 0.25) is 0 Å². The van der Waals surface area contributed by atoms with Gasteiger partial charge >= 0.3 is 0 Å². The second-order valence-corrected chi connectivity index (χ2v) is 7.01. The Bertz CT molecular complexity index is 734. The number of thiazole rings is 1. The Morgan fingerprint density at radius 2 is 1.80 bits per heavy atom. The maximum absolute atomic E-state index is 12.6. The minimum atomic E-state index is -0.275. The van der Waals surface area contributed by atoms with Crippen molar-refractivity contribution >= 4 is 28.8 Å². The maximum Gasteiger partial charge on any atom is 0.275 e. The lowest BCUT2D eigenvalue weighted by Gasteiger charge is -2.20. The lowest BCUT2D eigenvalue weighted by molar-refractivity contribution is 0.0761. The third kappa shape index (κ3) is 4.43. The van der Waals surface area contributed by atoms with Crippen LogP contribution in [0.3, 0.4) is 0 Å². The molecule has 7 heteroatoms. The number of aromatic nitrogens is 1. The van der Waals surface area contributed by atoms with E-state index in [0.29, 0.717) is 23.5 Å². The summed E-state index contributed by atoms with van der Waals surface area (Å²) in [5.74, 6) is -0.214. The highest BCUT2D eigenvalue weighted by Crippen LogP contribution is 2.17. The minimum Gasteiger partial charge on any atom is -0.339 e. The molecule has 0 radical (unpaired) electrons. The number of hydrogen-bond donors (Lipinski definition) is 2. The van der Waals surface area contributed by atoms with Crippen LogP contribution < -0.4 is 11.1 Å². The van der Waals surface area contributed by atoms with E-state index in [1.165, 1.54) is 24.2 Å². The van der Waals surface area contributed by atoms with Gasteiger partial charge in [-0.15, -0.1) is 11.3 Å². The number of likely N-dealkylation sites (tertiary alicyclic amines) is 1. The van der Waals surface area contributed by atoms with Crippen molar-refractivity contribution in [1.82, 2.24) is 9.88 Å². The van der Waals surface area contributed by atoms with Crippen LogP contribution in [0.5, 0.6) is 0 Å². The van der Waals surface area contributed by atoms with E-state index in [1.54, 1.807) is 29.6 Å². The zero-order valence-electron chi connectivity index (χ0n) is 14.0. The number of carbonyl (C=O) groups is 2. The van der Waals surface area contributed by atoms with E-state index in [-0.39, 0.29) is 11.8 Å². The number of amides is 2. The molecule has 0 spiro atoms. The smallest absolute Gasteiger partial charge is 0.275 e. The molecular formula is C18H22N4O2S. The van der Waals surface area contributed by atoms with Crippen molar-refractivity contribution in [3.8, 4) is 0 Å². The first kappa shape index (κ1) is 17.6. The molecule has 0 unspecified atom stereocenters. The molecule has 132 valence electrons. The molecule has 3 rings (SSSR count). The summed E-state index contributed by atoms with van der Waals surface area (Å²) in [4.78, 5) is 30.8. The van der Waals surface area contributed by atoms with Gasteiger partial charge in [0.15, 0.2) is 0 Å². The SMILES string of the molecule is NCc1nc(C(=O)Nc2ccc(C(=O)N3CCCCCC3)cc2)cs1. The van der Waals surface area contributed by atoms with Gasteiger partial charge in [-0.1, -0.05) is 12.8 Å². The Morgan fingerprint density at radius 3 is 2.40 bits per heavy atom. The highest BCUT2D eigenvalue weighted by Gasteiger charge is 2.17. The number of carbonyl (C=O) groups excluding carboxylic acids is 2. The molecule has 0 aliphatic carbocycles. The zero-order chi connectivity index (χ0) is 17.6. The predicted octanol–water partition coefficient (Wildman–Crippen LogP) is 2.87. The Labute approximate surface area is 151 Å². The first-order valence-electron chi connectivity index (χ1n) is 8.52. The number of anilines is 1. The van der Waals surface area contributed by atoms with Gasteiger partial charge in [0.05, 0.1) is 0 Å². The van der Waals surface area contributed by atoms with Crippen molar-refractivity contribution in [3.63, 3.8) is 0 Å². The third-order valence-corrected chi connectivity index (χ3v) is 5.11. The van der Waals surface area contributed by atoms with Gasteiger partial charge in [0, 0.05) is 36.3 Å². The first-order valence-corrected chi connectivity index (χ1v) is 9.40. The number of hydrogen-bond acceptors (Lipinski definition) is 5. The fourth-order valence-electron chi connectivity index (χ4n) is 2.86. The van der Waals surface area contributed by atoms with E-state index in [2.05, 4.69) is 10.3 Å². The van der Waals surface area contributed by atoms with Crippen LogP contribution in [0, 0.1) is 0 Å². The van der Waals surface area contributed by atoms with Crippen molar-refractivity contribution < 1.29 is 9.59 Å². The molecule has 2 aromatic rings. The summed E-state index contributed by atoms with van der Waals surface area (Å²) in [6.07, 6.45) is 4.52. The number of benzene rings is 1. The fraction of sp³-hybridized carbons (Fsp3) is 0.389. The average molecular weight is 358 g/mol. The summed E-state index contributed by atoms with van der Waals surface area (Å²) in [6, 6.07) is 7.02. The Kier molecular flexibility index (Phi) is 5.78. The Balaban J connectivity index is 1.63. The zero-order valence-corrected chi connectivity index (χ0v) is 14.8. The van der Waals surface area contributed by atoms with E-state index in [4.69, 9.17) is 5.73 Å². The van der Waals surface area contributed by atoms with Crippen LogP contribution in [-0.4, -0.2) is 34.8 Å². The van der Waals surface area contributed by atoms with Crippen LogP contribution in [0.1, 0.15) is 51.5 Å². The first-order chi connectivity index (χ1) is 12.2. The van der Waals surface area contributed by atoms with E-state index in [1.807, 2.05) is 4.90 Å². The summed E-state index contributed by atoms with van der Waals surface area (Å²) < 4.78 is 0. The summed E-state index contributed by atoms with van der Waals surface area (Å²) >= 11 is 1.37. The molecule has 3 N–H and O–H groups in total. The Hall–Kier alpha value is -2.25. The molecule has 1 aromatic heterocycles. The summed E-state index contributed by atoms with van der Waals surface area (Å²) in [6.45, 7) is 1.97. The van der Waals surface area contributed by atoms with Crippen LogP contribution in [0.4, 0.5) is 5.69 Å². The molecule has 1 saturated heterocycles. The topological polar surface area (TPSA) is 88.3 Å². The van der Waals surface area contributed by atoms with Gasteiger partial charge in [0.1, 0.15) is 10.7 Å². The number of nitrogens with two attached hydrogens (primary N) is 1. The van der Waals surface area contributed by atoms with Gasteiger partial charge in [0.25, 0.3) is 11.8 Å². The molecular weight excluding hydrogens is 336 g/mol. The highest BCUT2D eigenvalue weighted by atomic mass is 32.1. The standard InChI is InChI=1S/C18H22N4O2S/c19-11-16-21-15(12-25-16)17(23)20-14-7-5-13(6-8-14)18(24)22-9-3-1-2-4-10-22/h5-8,12H,1-4,9-11,19H2,(H,20,23). The van der Waals surface area contributed by atoms with Crippen molar-refractivity contribution in [2.24, 2.45) is 5.73 Å². The lowest BCUT2D eigenvalue weighted by Crippen LogP contribution is -2.31. The molecule has 1 aliphatic rings. The Morgan fingerprint density at radius 1 is 1.12 bits per heavy atom. The van der Waals surface area contributed by atoms with Crippen molar-refractivity contribution in [3.05, 3.63) is 45.9 Å².